The van der Waals surface area contributed by atoms with Gasteiger partial charge in [0.05, 0.1) is 11.3 Å². The number of rotatable bonds is 9. The van der Waals surface area contributed by atoms with E-state index in [4.69, 9.17) is 12.2 Å². The van der Waals surface area contributed by atoms with Crippen molar-refractivity contribution < 1.29 is 24.2 Å². The maximum absolute atomic E-state index is 14.7. The van der Waals surface area contributed by atoms with Gasteiger partial charge in [-0.2, -0.15) is 0 Å². The average Bonchev–Trinajstić information content (AvgIpc) is 2.82. The van der Waals surface area contributed by atoms with Crippen LogP contribution in [0.4, 0.5) is 10.1 Å². The molecule has 2 aliphatic rings. The number of allylic oxidation sites excluding steroid dienone is 1. The number of benzene rings is 1. The van der Waals surface area contributed by atoms with Crippen molar-refractivity contribution in [1.82, 2.24) is 10.2 Å². The van der Waals surface area contributed by atoms with Crippen LogP contribution >= 0.6 is 12.2 Å². The first-order chi connectivity index (χ1) is 17.5. The number of piperidine rings is 1. The highest BCUT2D eigenvalue weighted by Gasteiger charge is 2.41. The highest BCUT2D eigenvalue weighted by molar-refractivity contribution is 7.80. The minimum Gasteiger partial charge on any atom is -0.481 e. The van der Waals surface area contributed by atoms with E-state index in [9.17, 15) is 24.2 Å². The maximum atomic E-state index is 14.7. The van der Waals surface area contributed by atoms with Crippen LogP contribution in [0.15, 0.2) is 34.5 Å². The molecule has 2 atom stereocenters. The molecular formula is C27H37FN4O4S. The van der Waals surface area contributed by atoms with Gasteiger partial charge in [-0.15, -0.1) is 0 Å². The molecule has 37 heavy (non-hydrogen) atoms. The van der Waals surface area contributed by atoms with E-state index in [1.54, 1.807) is 6.92 Å². The van der Waals surface area contributed by atoms with Gasteiger partial charge in [-0.25, -0.2) is 9.18 Å². The normalized spacial score (nSPS) is 21.1. The Labute approximate surface area is 223 Å². The number of thiocarbonyl (C=S) groups is 1. The Morgan fingerprint density at radius 3 is 2.49 bits per heavy atom. The van der Waals surface area contributed by atoms with Crippen LogP contribution in [0.2, 0.25) is 0 Å². The lowest BCUT2D eigenvalue weighted by Gasteiger charge is -2.33. The zero-order chi connectivity index (χ0) is 27.3. The van der Waals surface area contributed by atoms with Crippen LogP contribution in [-0.4, -0.2) is 64.1 Å². The molecule has 1 saturated heterocycles. The number of carbonyl (C=O) groups is 2. The molecule has 1 fully saturated rings. The molecule has 1 aromatic rings. The number of likely N-dealkylation sites (tertiary alicyclic amines) is 1. The largest absolute Gasteiger partial charge is 0.481 e. The van der Waals surface area contributed by atoms with Gasteiger partial charge in [0, 0.05) is 23.9 Å². The van der Waals surface area contributed by atoms with E-state index < -0.39 is 29.6 Å². The lowest BCUT2D eigenvalue weighted by atomic mass is 9.75. The monoisotopic (exact) mass is 532 g/mol. The predicted octanol–water partition coefficient (Wildman–Crippen LogP) is 4.49. The summed E-state index contributed by atoms with van der Waals surface area (Å²) in [5, 5.41) is 25.8. The highest BCUT2D eigenvalue weighted by Crippen LogP contribution is 2.40. The summed E-state index contributed by atoms with van der Waals surface area (Å²) >= 11 is 5.36. The Morgan fingerprint density at radius 1 is 1.22 bits per heavy atom. The van der Waals surface area contributed by atoms with Crippen molar-refractivity contribution >= 4 is 40.7 Å². The molecule has 3 rings (SSSR count). The second-order valence-corrected chi connectivity index (χ2v) is 10.7. The maximum Gasteiger partial charge on any atom is 0.334 e. The lowest BCUT2D eigenvalue weighted by Crippen LogP contribution is -2.37. The van der Waals surface area contributed by atoms with E-state index in [1.165, 1.54) is 38.0 Å². The summed E-state index contributed by atoms with van der Waals surface area (Å²) in [5.41, 5.74) is 0.822. The van der Waals surface area contributed by atoms with Crippen LogP contribution in [0.1, 0.15) is 58.4 Å². The number of nitrogens with one attached hydrogen (secondary N) is 2. The van der Waals surface area contributed by atoms with Crippen molar-refractivity contribution in [3.8, 4) is 0 Å². The van der Waals surface area contributed by atoms with Crippen molar-refractivity contribution in [3.63, 3.8) is 0 Å². The van der Waals surface area contributed by atoms with Gasteiger partial charge >= 0.3 is 11.9 Å². The Hall–Kier alpha value is -2.85. The number of nitrogens with zero attached hydrogens (tertiary/aromatic N) is 2. The van der Waals surface area contributed by atoms with Crippen LogP contribution in [0.5, 0.6) is 0 Å². The quantitative estimate of drug-likeness (QED) is 0.272. The lowest BCUT2D eigenvalue weighted by molar-refractivity contribution is -0.140. The Morgan fingerprint density at radius 2 is 1.89 bits per heavy atom. The molecule has 1 aromatic carbocycles. The minimum atomic E-state index is -1.26. The van der Waals surface area contributed by atoms with Gasteiger partial charge in [0.2, 0.25) is 0 Å². The third-order valence-electron chi connectivity index (χ3n) is 7.43. The summed E-state index contributed by atoms with van der Waals surface area (Å²) in [6.07, 6.45) is 3.35. The number of hydrogen-bond acceptors (Lipinski definition) is 5. The van der Waals surface area contributed by atoms with Crippen molar-refractivity contribution in [2.75, 3.05) is 31.5 Å². The summed E-state index contributed by atoms with van der Waals surface area (Å²) in [6.45, 7) is 11.5. The molecule has 10 heteroatoms. The third kappa shape index (κ3) is 7.13. The van der Waals surface area contributed by atoms with Gasteiger partial charge in [-0.05, 0) is 94.5 Å². The van der Waals surface area contributed by atoms with E-state index in [2.05, 4.69) is 34.4 Å². The first kappa shape index (κ1) is 28.7. The molecule has 4 N–H and O–H groups in total. The minimum absolute atomic E-state index is 0.0532. The zero-order valence-electron chi connectivity index (χ0n) is 21.9. The first-order valence-corrected chi connectivity index (χ1v) is 13.2. The number of aliphatic carboxylic acids is 2. The fourth-order valence-corrected chi connectivity index (χ4v) is 5.55. The molecule has 2 unspecified atom stereocenters. The second-order valence-electron chi connectivity index (χ2n) is 10.2. The van der Waals surface area contributed by atoms with Crippen LogP contribution in [-0.2, 0) is 9.59 Å². The molecule has 8 nitrogen and oxygen atoms in total. The van der Waals surface area contributed by atoms with Gasteiger partial charge < -0.3 is 25.7 Å². The van der Waals surface area contributed by atoms with E-state index in [0.29, 0.717) is 17.8 Å². The van der Waals surface area contributed by atoms with E-state index >= 15 is 0 Å². The van der Waals surface area contributed by atoms with Crippen molar-refractivity contribution in [2.24, 2.45) is 22.7 Å². The van der Waals surface area contributed by atoms with Crippen molar-refractivity contribution in [1.29, 1.82) is 0 Å². The number of hydrogen-bond donors (Lipinski definition) is 4. The van der Waals surface area contributed by atoms with Gasteiger partial charge in [0.15, 0.2) is 5.11 Å². The van der Waals surface area contributed by atoms with Gasteiger partial charge in [-0.3, -0.25) is 9.79 Å². The average molecular weight is 533 g/mol. The van der Waals surface area contributed by atoms with Crippen LogP contribution in [0.25, 0.3) is 0 Å². The van der Waals surface area contributed by atoms with Crippen LogP contribution < -0.4 is 10.6 Å². The molecule has 0 radical (unpaired) electrons. The summed E-state index contributed by atoms with van der Waals surface area (Å²) in [7, 11) is 0. The SMILES string of the molecule is CC1=NC(C)=C(C(=O)O)C(c2ccc(F)c(NC(=S)NCCCN3CCC(C(C)C)CC3)c2)C1C(=O)O. The zero-order valence-corrected chi connectivity index (χ0v) is 22.7. The predicted molar refractivity (Wildman–Crippen MR) is 147 cm³/mol. The topological polar surface area (TPSA) is 114 Å². The molecule has 0 saturated carbocycles. The number of anilines is 1. The summed E-state index contributed by atoms with van der Waals surface area (Å²) in [4.78, 5) is 30.7. The van der Waals surface area contributed by atoms with E-state index in [-0.39, 0.29) is 22.1 Å². The number of carboxylic acids is 2. The van der Waals surface area contributed by atoms with E-state index in [0.717, 1.165) is 37.9 Å². The van der Waals surface area contributed by atoms with Crippen molar-refractivity contribution in [3.05, 3.63) is 40.8 Å². The first-order valence-electron chi connectivity index (χ1n) is 12.8. The fraction of sp³-hybridized carbons (Fsp3) is 0.556. The third-order valence-corrected chi connectivity index (χ3v) is 7.68. The Balaban J connectivity index is 1.63. The van der Waals surface area contributed by atoms with E-state index in [1.807, 2.05) is 0 Å². The van der Waals surface area contributed by atoms with Gasteiger partial charge in [0.1, 0.15) is 11.7 Å². The molecule has 0 spiro atoms. The highest BCUT2D eigenvalue weighted by atomic mass is 32.1. The van der Waals surface area contributed by atoms with Gasteiger partial charge in [-0.1, -0.05) is 19.9 Å². The summed E-state index contributed by atoms with van der Waals surface area (Å²) < 4.78 is 14.7. The Kier molecular flexibility index (Phi) is 9.78. The smallest absolute Gasteiger partial charge is 0.334 e. The summed E-state index contributed by atoms with van der Waals surface area (Å²) in [6, 6.07) is 4.03. The molecule has 0 aliphatic carbocycles. The number of halogens is 1. The van der Waals surface area contributed by atoms with Crippen molar-refractivity contribution in [2.45, 2.75) is 52.9 Å². The summed E-state index contributed by atoms with van der Waals surface area (Å²) in [5.74, 6) is -3.69. The standard InChI is InChI=1S/C27H37FN4O4S/c1-15(2)18-8-12-32(13-9-18)11-5-10-29-27(37)31-21-14-19(6-7-20(21)28)24-22(25(33)34)16(3)30-17(4)23(24)26(35)36/h6-7,14-15,18,22,24H,5,8-13H2,1-4H3,(H,33,34)(H,35,36)(H2,29,31,37). The molecule has 2 aliphatic heterocycles. The number of carboxylic acid groups (broad SMARTS) is 2. The second kappa shape index (κ2) is 12.6. The van der Waals surface area contributed by atoms with Gasteiger partial charge in [0.25, 0.3) is 0 Å². The number of aliphatic imine (C=N–C) groups is 1. The molecule has 202 valence electrons. The molecule has 0 bridgehead atoms. The van der Waals surface area contributed by atoms with Crippen LogP contribution in [0, 0.1) is 23.6 Å². The molecule has 0 amide bonds. The Bertz CT molecular complexity index is 1100. The van der Waals surface area contributed by atoms with Crippen LogP contribution in [0.3, 0.4) is 0 Å². The molecular weight excluding hydrogens is 495 g/mol. The molecule has 2 heterocycles. The molecule has 0 aromatic heterocycles. The fourth-order valence-electron chi connectivity index (χ4n) is 5.34.